The lowest BCUT2D eigenvalue weighted by molar-refractivity contribution is 0.0696. The molecule has 4 aromatic rings. The van der Waals surface area contributed by atoms with Gasteiger partial charge in [-0.25, -0.2) is 9.78 Å². The van der Waals surface area contributed by atoms with Crippen molar-refractivity contribution in [1.29, 1.82) is 0 Å². The number of carboxylic acid groups (broad SMARTS) is 1. The van der Waals surface area contributed by atoms with Gasteiger partial charge in [0.25, 0.3) is 0 Å². The first kappa shape index (κ1) is 27.0. The zero-order valence-corrected chi connectivity index (χ0v) is 24.0. The largest absolute Gasteiger partial charge is 0.478 e. The standard InChI is InChI=1S/C32H37N3O3S/c1-20(2)18-35(25-13-9-6-10-14-25)28-16-15-24(29-21(3)38-22(4)30(29)31(36)37)17-26(28)33-32-34-27(19-39-32)23-11-7-5-8-12-23/h5,7-8,11-12,15-17,19-20,25H,6,9-10,13-14,18H2,1-4H3,(H,33,34)(H,36,37). The van der Waals surface area contributed by atoms with Crippen LogP contribution in [0.25, 0.3) is 22.4 Å². The average Bonchev–Trinajstić information content (AvgIpc) is 3.51. The number of nitrogens with zero attached hydrogens (tertiary/aromatic N) is 2. The van der Waals surface area contributed by atoms with E-state index in [2.05, 4.69) is 53.7 Å². The summed E-state index contributed by atoms with van der Waals surface area (Å²) in [5, 5.41) is 16.5. The van der Waals surface area contributed by atoms with E-state index in [-0.39, 0.29) is 5.56 Å². The number of hydrogen-bond donors (Lipinski definition) is 2. The van der Waals surface area contributed by atoms with Gasteiger partial charge in [-0.15, -0.1) is 11.3 Å². The zero-order chi connectivity index (χ0) is 27.5. The smallest absolute Gasteiger partial charge is 0.339 e. The van der Waals surface area contributed by atoms with Crippen molar-refractivity contribution in [2.24, 2.45) is 5.92 Å². The third kappa shape index (κ3) is 5.88. The van der Waals surface area contributed by atoms with Crippen LogP contribution in [0.5, 0.6) is 0 Å². The number of hydrogen-bond acceptors (Lipinski definition) is 6. The van der Waals surface area contributed by atoms with Crippen molar-refractivity contribution in [1.82, 2.24) is 4.98 Å². The summed E-state index contributed by atoms with van der Waals surface area (Å²) in [6, 6.07) is 16.9. The molecule has 0 unspecified atom stereocenters. The highest BCUT2D eigenvalue weighted by atomic mass is 32.1. The minimum Gasteiger partial charge on any atom is -0.478 e. The van der Waals surface area contributed by atoms with Crippen molar-refractivity contribution in [3.63, 3.8) is 0 Å². The Balaban J connectivity index is 1.60. The number of carbonyl (C=O) groups is 1. The van der Waals surface area contributed by atoms with Gasteiger partial charge in [-0.05, 0) is 50.3 Å². The van der Waals surface area contributed by atoms with Crippen molar-refractivity contribution >= 4 is 33.8 Å². The summed E-state index contributed by atoms with van der Waals surface area (Å²) in [5.74, 6) is 0.551. The molecule has 1 saturated carbocycles. The normalized spacial score (nSPS) is 14.1. The number of nitrogens with one attached hydrogen (secondary N) is 1. The highest BCUT2D eigenvalue weighted by molar-refractivity contribution is 7.14. The SMILES string of the molecule is Cc1oc(C)c(-c2ccc(N(CC(C)C)C3CCCCC3)c(Nc3nc(-c4ccccc4)cs3)c2)c1C(=O)O. The molecule has 2 aromatic heterocycles. The molecule has 6 nitrogen and oxygen atoms in total. The van der Waals surface area contributed by atoms with E-state index in [4.69, 9.17) is 9.40 Å². The Bertz CT molecular complexity index is 1430. The Hall–Kier alpha value is -3.58. The van der Waals surface area contributed by atoms with Gasteiger partial charge in [-0.3, -0.25) is 0 Å². The summed E-state index contributed by atoms with van der Waals surface area (Å²) < 4.78 is 5.78. The first-order chi connectivity index (χ1) is 18.8. The minimum absolute atomic E-state index is 0.220. The molecular formula is C32H37N3O3S. The molecule has 0 bridgehead atoms. The lowest BCUT2D eigenvalue weighted by Gasteiger charge is -2.38. The maximum atomic E-state index is 12.2. The molecule has 0 amide bonds. The topological polar surface area (TPSA) is 78.6 Å². The molecule has 39 heavy (non-hydrogen) atoms. The Morgan fingerprint density at radius 2 is 1.82 bits per heavy atom. The van der Waals surface area contributed by atoms with E-state index in [0.29, 0.717) is 29.0 Å². The predicted octanol–water partition coefficient (Wildman–Crippen LogP) is 8.92. The molecule has 7 heteroatoms. The molecule has 0 saturated heterocycles. The van der Waals surface area contributed by atoms with E-state index in [1.54, 1.807) is 18.3 Å². The minimum atomic E-state index is -0.978. The second-order valence-corrected chi connectivity index (χ2v) is 11.7. The third-order valence-electron chi connectivity index (χ3n) is 7.46. The maximum Gasteiger partial charge on any atom is 0.339 e. The van der Waals surface area contributed by atoms with E-state index in [1.807, 2.05) is 31.2 Å². The lowest BCUT2D eigenvalue weighted by Crippen LogP contribution is -2.39. The second kappa shape index (κ2) is 11.7. The van der Waals surface area contributed by atoms with E-state index in [0.717, 1.165) is 39.9 Å². The molecule has 1 aliphatic carbocycles. The van der Waals surface area contributed by atoms with Gasteiger partial charge in [0, 0.05) is 29.1 Å². The molecule has 1 aliphatic rings. The summed E-state index contributed by atoms with van der Waals surface area (Å²) in [5.41, 5.74) is 5.75. The van der Waals surface area contributed by atoms with Crippen LogP contribution in [0.3, 0.4) is 0 Å². The third-order valence-corrected chi connectivity index (χ3v) is 8.22. The van der Waals surface area contributed by atoms with Crippen molar-refractivity contribution in [3.8, 4) is 22.4 Å². The fourth-order valence-electron chi connectivity index (χ4n) is 5.75. The second-order valence-electron chi connectivity index (χ2n) is 10.9. The molecule has 2 heterocycles. The fourth-order valence-corrected chi connectivity index (χ4v) is 6.48. The van der Waals surface area contributed by atoms with Crippen molar-refractivity contribution < 1.29 is 14.3 Å². The number of benzene rings is 2. The summed E-state index contributed by atoms with van der Waals surface area (Å²) in [6.45, 7) is 9.02. The van der Waals surface area contributed by atoms with E-state index >= 15 is 0 Å². The monoisotopic (exact) mass is 543 g/mol. The van der Waals surface area contributed by atoms with Crippen molar-refractivity contribution in [3.05, 3.63) is 71.0 Å². The average molecular weight is 544 g/mol. The van der Waals surface area contributed by atoms with Crippen molar-refractivity contribution in [2.45, 2.75) is 65.8 Å². The van der Waals surface area contributed by atoms with Gasteiger partial charge in [-0.1, -0.05) is 69.5 Å². The molecule has 1 fully saturated rings. The van der Waals surface area contributed by atoms with Crippen LogP contribution < -0.4 is 10.2 Å². The molecule has 0 radical (unpaired) electrons. The predicted molar refractivity (Wildman–Crippen MR) is 160 cm³/mol. The molecule has 0 aliphatic heterocycles. The van der Waals surface area contributed by atoms with Gasteiger partial charge in [0.05, 0.1) is 17.1 Å². The van der Waals surface area contributed by atoms with Crippen molar-refractivity contribution in [2.75, 3.05) is 16.8 Å². The Morgan fingerprint density at radius 3 is 2.51 bits per heavy atom. The maximum absolute atomic E-state index is 12.2. The van der Waals surface area contributed by atoms with Crippen LogP contribution in [0.4, 0.5) is 16.5 Å². The van der Waals surface area contributed by atoms with E-state index in [1.165, 1.54) is 32.1 Å². The molecule has 204 valence electrons. The molecule has 5 rings (SSSR count). The van der Waals surface area contributed by atoms with Crippen LogP contribution in [0.15, 0.2) is 58.3 Å². The summed E-state index contributed by atoms with van der Waals surface area (Å²) in [7, 11) is 0. The van der Waals surface area contributed by atoms with Gasteiger partial charge in [0.1, 0.15) is 17.1 Å². The van der Waals surface area contributed by atoms with Crippen LogP contribution >= 0.6 is 11.3 Å². The van der Waals surface area contributed by atoms with Crippen LogP contribution in [-0.2, 0) is 0 Å². The molecule has 0 atom stereocenters. The first-order valence-electron chi connectivity index (χ1n) is 13.8. The Morgan fingerprint density at radius 1 is 1.08 bits per heavy atom. The molecular weight excluding hydrogens is 506 g/mol. The molecule has 2 N–H and O–H groups in total. The van der Waals surface area contributed by atoms with E-state index in [9.17, 15) is 9.90 Å². The highest BCUT2D eigenvalue weighted by Gasteiger charge is 2.27. The number of anilines is 3. The van der Waals surface area contributed by atoms with Gasteiger partial charge >= 0.3 is 5.97 Å². The van der Waals surface area contributed by atoms with Crippen LogP contribution in [-0.4, -0.2) is 28.6 Å². The van der Waals surface area contributed by atoms with Crippen LogP contribution in [0.1, 0.15) is 67.8 Å². The number of aryl methyl sites for hydroxylation is 2. The van der Waals surface area contributed by atoms with Crippen LogP contribution in [0, 0.1) is 19.8 Å². The number of carboxylic acids is 1. The summed E-state index contributed by atoms with van der Waals surface area (Å²) >= 11 is 1.57. The summed E-state index contributed by atoms with van der Waals surface area (Å²) in [6.07, 6.45) is 6.18. The van der Waals surface area contributed by atoms with E-state index < -0.39 is 5.97 Å². The van der Waals surface area contributed by atoms with Gasteiger partial charge in [0.2, 0.25) is 0 Å². The number of thiazole rings is 1. The number of aromatic nitrogens is 1. The van der Waals surface area contributed by atoms with Gasteiger partial charge in [-0.2, -0.15) is 0 Å². The lowest BCUT2D eigenvalue weighted by atomic mass is 9.92. The highest BCUT2D eigenvalue weighted by Crippen LogP contribution is 2.41. The molecule has 2 aromatic carbocycles. The fraction of sp³-hybridized carbons (Fsp3) is 0.375. The van der Waals surface area contributed by atoms with Crippen LogP contribution in [0.2, 0.25) is 0 Å². The number of furan rings is 1. The Kier molecular flexibility index (Phi) is 8.07. The zero-order valence-electron chi connectivity index (χ0n) is 23.2. The number of rotatable bonds is 9. The Labute approximate surface area is 234 Å². The van der Waals surface area contributed by atoms with Gasteiger partial charge < -0.3 is 19.7 Å². The number of aromatic carboxylic acids is 1. The first-order valence-corrected chi connectivity index (χ1v) is 14.7. The molecule has 0 spiro atoms. The van der Waals surface area contributed by atoms with Gasteiger partial charge in [0.15, 0.2) is 5.13 Å². The quantitative estimate of drug-likeness (QED) is 0.219. The summed E-state index contributed by atoms with van der Waals surface area (Å²) in [4.78, 5) is 19.6.